The highest BCUT2D eigenvalue weighted by molar-refractivity contribution is 5.54. The van der Waals surface area contributed by atoms with E-state index in [1.165, 1.54) is 37.2 Å². The highest BCUT2D eigenvalue weighted by atomic mass is 16.3. The maximum Gasteiger partial charge on any atom is 0.0584 e. The zero-order chi connectivity index (χ0) is 14.4. The molecule has 1 aromatic carbocycles. The Kier molecular flexibility index (Phi) is 5.86. The Morgan fingerprint density at radius 2 is 1.90 bits per heavy atom. The van der Waals surface area contributed by atoms with E-state index in [-0.39, 0.29) is 12.6 Å². The van der Waals surface area contributed by atoms with Crippen molar-refractivity contribution < 1.29 is 5.11 Å². The predicted octanol–water partition coefficient (Wildman–Crippen LogP) is 2.78. The van der Waals surface area contributed by atoms with Gasteiger partial charge in [-0.2, -0.15) is 0 Å². The average molecular weight is 276 g/mol. The van der Waals surface area contributed by atoms with Gasteiger partial charge in [0.25, 0.3) is 0 Å². The number of hydrogen-bond acceptors (Lipinski definition) is 3. The van der Waals surface area contributed by atoms with E-state index in [1.54, 1.807) is 0 Å². The quantitative estimate of drug-likeness (QED) is 0.804. The van der Waals surface area contributed by atoms with Crippen molar-refractivity contribution in [2.75, 3.05) is 24.6 Å². The van der Waals surface area contributed by atoms with E-state index in [9.17, 15) is 5.11 Å². The minimum Gasteiger partial charge on any atom is -0.395 e. The Balaban J connectivity index is 1.98. The van der Waals surface area contributed by atoms with E-state index in [0.717, 1.165) is 13.0 Å². The Morgan fingerprint density at radius 3 is 2.55 bits per heavy atom. The fourth-order valence-electron chi connectivity index (χ4n) is 2.97. The minimum atomic E-state index is 0.196. The first kappa shape index (κ1) is 15.3. The fraction of sp³-hybridized carbons (Fsp3) is 0.647. The van der Waals surface area contributed by atoms with E-state index in [1.807, 2.05) is 0 Å². The molecule has 0 aromatic heterocycles. The maximum atomic E-state index is 9.46. The lowest BCUT2D eigenvalue weighted by Crippen LogP contribution is -2.33. The second kappa shape index (κ2) is 7.65. The number of aliphatic hydroxyl groups excluding tert-OH is 1. The Hall–Kier alpha value is -1.06. The monoisotopic (exact) mass is 276 g/mol. The van der Waals surface area contributed by atoms with Gasteiger partial charge >= 0.3 is 0 Å². The van der Waals surface area contributed by atoms with Crippen molar-refractivity contribution in [3.05, 3.63) is 29.8 Å². The van der Waals surface area contributed by atoms with Crippen molar-refractivity contribution in [1.29, 1.82) is 0 Å². The number of anilines is 1. The van der Waals surface area contributed by atoms with Crippen LogP contribution in [0.15, 0.2) is 24.3 Å². The topological polar surface area (TPSA) is 35.5 Å². The summed E-state index contributed by atoms with van der Waals surface area (Å²) in [6, 6.07) is 8.84. The SMILES string of the molecule is CC(C)CC(CO)NCc1ccccc1N1CCCC1. The molecule has 2 rings (SSSR count). The predicted molar refractivity (Wildman–Crippen MR) is 85.1 cm³/mol. The van der Waals surface area contributed by atoms with Gasteiger partial charge in [0.05, 0.1) is 6.61 Å². The molecule has 0 saturated carbocycles. The first-order chi connectivity index (χ1) is 9.70. The summed E-state index contributed by atoms with van der Waals surface area (Å²) in [5.74, 6) is 0.605. The Labute approximate surface area is 123 Å². The largest absolute Gasteiger partial charge is 0.395 e. The molecule has 0 radical (unpaired) electrons. The zero-order valence-corrected chi connectivity index (χ0v) is 12.8. The van der Waals surface area contributed by atoms with Gasteiger partial charge in [-0.1, -0.05) is 32.0 Å². The molecule has 1 aromatic rings. The normalized spacial score (nSPS) is 16.9. The number of hydrogen-bond donors (Lipinski definition) is 2. The summed E-state index contributed by atoms with van der Waals surface area (Å²) in [4.78, 5) is 2.48. The van der Waals surface area contributed by atoms with Crippen LogP contribution in [0.2, 0.25) is 0 Å². The van der Waals surface area contributed by atoms with Crippen LogP contribution >= 0.6 is 0 Å². The van der Waals surface area contributed by atoms with Gasteiger partial charge in [0.1, 0.15) is 0 Å². The van der Waals surface area contributed by atoms with Gasteiger partial charge in [0.15, 0.2) is 0 Å². The van der Waals surface area contributed by atoms with Crippen LogP contribution in [0, 0.1) is 5.92 Å². The molecule has 0 aliphatic carbocycles. The van der Waals surface area contributed by atoms with E-state index in [4.69, 9.17) is 0 Å². The molecule has 1 aliphatic heterocycles. The van der Waals surface area contributed by atoms with Crippen molar-refractivity contribution in [3.63, 3.8) is 0 Å². The standard InChI is InChI=1S/C17H28N2O/c1-14(2)11-16(13-20)18-12-15-7-3-4-8-17(15)19-9-5-6-10-19/h3-4,7-8,14,16,18,20H,5-6,9-13H2,1-2H3. The van der Waals surface area contributed by atoms with Crippen molar-refractivity contribution in [2.45, 2.75) is 45.7 Å². The minimum absolute atomic E-state index is 0.196. The van der Waals surface area contributed by atoms with Crippen LogP contribution in [0.4, 0.5) is 5.69 Å². The number of aliphatic hydroxyl groups is 1. The summed E-state index contributed by atoms with van der Waals surface area (Å²) in [7, 11) is 0. The highest BCUT2D eigenvalue weighted by Crippen LogP contribution is 2.24. The van der Waals surface area contributed by atoms with Crippen LogP contribution in [0.1, 0.15) is 38.7 Å². The lowest BCUT2D eigenvalue weighted by molar-refractivity contribution is 0.223. The van der Waals surface area contributed by atoms with Crippen LogP contribution in [-0.4, -0.2) is 30.8 Å². The molecule has 3 heteroatoms. The van der Waals surface area contributed by atoms with Gasteiger partial charge in [-0.25, -0.2) is 0 Å². The summed E-state index contributed by atoms with van der Waals surface area (Å²) < 4.78 is 0. The van der Waals surface area contributed by atoms with E-state index in [2.05, 4.69) is 48.3 Å². The van der Waals surface area contributed by atoms with Gasteiger partial charge < -0.3 is 15.3 Å². The number of benzene rings is 1. The zero-order valence-electron chi connectivity index (χ0n) is 12.8. The summed E-state index contributed by atoms with van der Waals surface area (Å²) in [5.41, 5.74) is 2.70. The molecule has 1 saturated heterocycles. The summed E-state index contributed by atoms with van der Waals surface area (Å²) in [6.45, 7) is 7.79. The van der Waals surface area contributed by atoms with Gasteiger partial charge in [0, 0.05) is 31.4 Å². The third-order valence-electron chi connectivity index (χ3n) is 4.00. The lowest BCUT2D eigenvalue weighted by Gasteiger charge is -2.23. The molecule has 0 bridgehead atoms. The van der Waals surface area contributed by atoms with Crippen molar-refractivity contribution in [3.8, 4) is 0 Å². The van der Waals surface area contributed by atoms with E-state index in [0.29, 0.717) is 5.92 Å². The maximum absolute atomic E-state index is 9.46. The molecule has 2 N–H and O–H groups in total. The van der Waals surface area contributed by atoms with Crippen molar-refractivity contribution in [1.82, 2.24) is 5.32 Å². The summed E-state index contributed by atoms with van der Waals surface area (Å²) in [5, 5.41) is 13.0. The van der Waals surface area contributed by atoms with E-state index < -0.39 is 0 Å². The fourth-order valence-corrected chi connectivity index (χ4v) is 2.97. The Morgan fingerprint density at radius 1 is 1.20 bits per heavy atom. The molecular weight excluding hydrogens is 248 g/mol. The second-order valence-electron chi connectivity index (χ2n) is 6.21. The number of rotatable bonds is 7. The third-order valence-corrected chi connectivity index (χ3v) is 4.00. The molecule has 1 unspecified atom stereocenters. The highest BCUT2D eigenvalue weighted by Gasteiger charge is 2.16. The Bertz CT molecular complexity index is 400. The molecule has 112 valence electrons. The van der Waals surface area contributed by atoms with Crippen LogP contribution in [0.3, 0.4) is 0 Å². The van der Waals surface area contributed by atoms with Gasteiger partial charge in [-0.3, -0.25) is 0 Å². The molecule has 20 heavy (non-hydrogen) atoms. The van der Waals surface area contributed by atoms with Gasteiger partial charge in [-0.15, -0.1) is 0 Å². The number of para-hydroxylation sites is 1. The molecule has 1 heterocycles. The molecule has 1 aliphatic rings. The van der Waals surface area contributed by atoms with E-state index >= 15 is 0 Å². The first-order valence-corrected chi connectivity index (χ1v) is 7.87. The smallest absolute Gasteiger partial charge is 0.0584 e. The van der Waals surface area contributed by atoms with Gasteiger partial charge in [0.2, 0.25) is 0 Å². The molecule has 0 spiro atoms. The van der Waals surface area contributed by atoms with Crippen LogP contribution in [0.5, 0.6) is 0 Å². The lowest BCUT2D eigenvalue weighted by atomic mass is 10.0. The third kappa shape index (κ3) is 4.22. The number of nitrogens with zero attached hydrogens (tertiary/aromatic N) is 1. The first-order valence-electron chi connectivity index (χ1n) is 7.87. The van der Waals surface area contributed by atoms with Crippen molar-refractivity contribution >= 4 is 5.69 Å². The molecule has 1 fully saturated rings. The second-order valence-corrected chi connectivity index (χ2v) is 6.21. The molecule has 1 atom stereocenters. The molecule has 3 nitrogen and oxygen atoms in total. The van der Waals surface area contributed by atoms with Crippen LogP contribution < -0.4 is 10.2 Å². The average Bonchev–Trinajstić information content (AvgIpc) is 2.97. The summed E-state index contributed by atoms with van der Waals surface area (Å²) >= 11 is 0. The number of nitrogens with one attached hydrogen (secondary N) is 1. The van der Waals surface area contributed by atoms with Crippen molar-refractivity contribution in [2.24, 2.45) is 5.92 Å². The van der Waals surface area contributed by atoms with Gasteiger partial charge in [-0.05, 0) is 36.8 Å². The summed E-state index contributed by atoms with van der Waals surface area (Å²) in [6.07, 6.45) is 3.62. The van der Waals surface area contributed by atoms with Crippen LogP contribution in [0.25, 0.3) is 0 Å². The molecule has 0 amide bonds. The van der Waals surface area contributed by atoms with Crippen LogP contribution in [-0.2, 0) is 6.54 Å². The molecular formula is C17H28N2O.